The number of rotatable bonds is 8. The van der Waals surface area contributed by atoms with Crippen LogP contribution in [0, 0.1) is 0 Å². The van der Waals surface area contributed by atoms with Crippen molar-refractivity contribution in [3.05, 3.63) is 18.0 Å². The van der Waals surface area contributed by atoms with Crippen molar-refractivity contribution < 1.29 is 23.1 Å². The van der Waals surface area contributed by atoms with E-state index in [0.29, 0.717) is 25.8 Å². The lowest BCUT2D eigenvalue weighted by molar-refractivity contribution is -0.137. The van der Waals surface area contributed by atoms with Crippen LogP contribution in [0.3, 0.4) is 0 Å². The zero-order valence-electron chi connectivity index (χ0n) is 11.7. The number of unbranched alkanes of at least 4 members (excludes halogenated alkanes) is 2. The second-order valence-corrected chi connectivity index (χ2v) is 6.24. The van der Waals surface area contributed by atoms with E-state index in [2.05, 4.69) is 5.32 Å². The smallest absolute Gasteiger partial charge is 0.303 e. The second-order valence-electron chi connectivity index (χ2n) is 4.68. The molecule has 0 aliphatic heterocycles. The standard InChI is InChI=1S/C12H19N3O5S/c1-15-8-9(21(13,19)20)7-10(15)12(18)14-6-4-2-3-5-11(16)17/h7-8H,2-6H2,1H3,(H,14,18)(H,16,17)(H2,13,19,20). The molecule has 9 heteroatoms. The van der Waals surface area contributed by atoms with Gasteiger partial charge in [-0.3, -0.25) is 9.59 Å². The van der Waals surface area contributed by atoms with Crippen LogP contribution in [0.4, 0.5) is 0 Å². The minimum Gasteiger partial charge on any atom is -0.481 e. The molecule has 1 amide bonds. The Morgan fingerprint density at radius 3 is 2.52 bits per heavy atom. The maximum atomic E-state index is 11.9. The number of carbonyl (C=O) groups excluding carboxylic acids is 1. The number of nitrogens with one attached hydrogen (secondary N) is 1. The highest BCUT2D eigenvalue weighted by Gasteiger charge is 2.16. The number of hydrogen-bond donors (Lipinski definition) is 3. The number of carboxylic acids is 1. The topological polar surface area (TPSA) is 131 Å². The van der Waals surface area contributed by atoms with Crippen molar-refractivity contribution in [3.63, 3.8) is 0 Å². The molecule has 0 aliphatic rings. The van der Waals surface area contributed by atoms with Crippen molar-refractivity contribution in [1.82, 2.24) is 9.88 Å². The first-order chi connectivity index (χ1) is 9.71. The average Bonchev–Trinajstić information content (AvgIpc) is 2.75. The largest absolute Gasteiger partial charge is 0.481 e. The fraction of sp³-hybridized carbons (Fsp3) is 0.500. The molecule has 1 aromatic heterocycles. The van der Waals surface area contributed by atoms with E-state index >= 15 is 0 Å². The zero-order chi connectivity index (χ0) is 16.0. The molecule has 1 rings (SSSR count). The van der Waals surface area contributed by atoms with Crippen LogP contribution >= 0.6 is 0 Å². The summed E-state index contributed by atoms with van der Waals surface area (Å²) in [4.78, 5) is 22.1. The summed E-state index contributed by atoms with van der Waals surface area (Å²) < 4.78 is 23.8. The lowest BCUT2D eigenvalue weighted by atomic mass is 10.2. The summed E-state index contributed by atoms with van der Waals surface area (Å²) in [5, 5.41) is 16.1. The van der Waals surface area contributed by atoms with Crippen molar-refractivity contribution in [2.75, 3.05) is 6.54 Å². The number of hydrogen-bond acceptors (Lipinski definition) is 4. The zero-order valence-corrected chi connectivity index (χ0v) is 12.5. The SMILES string of the molecule is Cn1cc(S(N)(=O)=O)cc1C(=O)NCCCCCC(=O)O. The molecule has 21 heavy (non-hydrogen) atoms. The summed E-state index contributed by atoms with van der Waals surface area (Å²) in [5.74, 6) is -1.23. The molecule has 0 unspecified atom stereocenters. The van der Waals surface area contributed by atoms with Gasteiger partial charge in [0, 0.05) is 26.2 Å². The van der Waals surface area contributed by atoms with Crippen LogP contribution in [0.5, 0.6) is 0 Å². The molecule has 0 aliphatic carbocycles. The number of nitrogens with zero attached hydrogens (tertiary/aromatic N) is 1. The number of aromatic nitrogens is 1. The highest BCUT2D eigenvalue weighted by atomic mass is 32.2. The highest BCUT2D eigenvalue weighted by molar-refractivity contribution is 7.89. The third kappa shape index (κ3) is 5.56. The number of primary sulfonamides is 1. The van der Waals surface area contributed by atoms with Crippen LogP contribution in [0.15, 0.2) is 17.2 Å². The van der Waals surface area contributed by atoms with Crippen molar-refractivity contribution in [3.8, 4) is 0 Å². The summed E-state index contributed by atoms with van der Waals surface area (Å²) in [5.41, 5.74) is 0.199. The molecule has 0 atom stereocenters. The third-order valence-corrected chi connectivity index (χ3v) is 3.77. The van der Waals surface area contributed by atoms with Gasteiger partial charge < -0.3 is 15.0 Å². The van der Waals surface area contributed by atoms with E-state index in [1.807, 2.05) is 0 Å². The van der Waals surface area contributed by atoms with Crippen LogP contribution in [-0.4, -0.2) is 36.5 Å². The van der Waals surface area contributed by atoms with Gasteiger partial charge in [-0.15, -0.1) is 0 Å². The number of amides is 1. The van der Waals surface area contributed by atoms with Gasteiger partial charge in [0.1, 0.15) is 10.6 Å². The second kappa shape index (κ2) is 7.23. The van der Waals surface area contributed by atoms with E-state index < -0.39 is 21.9 Å². The Labute approximate surface area is 123 Å². The van der Waals surface area contributed by atoms with E-state index in [4.69, 9.17) is 10.2 Å². The van der Waals surface area contributed by atoms with Crippen molar-refractivity contribution >= 4 is 21.9 Å². The quantitative estimate of drug-likeness (QED) is 0.583. The molecule has 4 N–H and O–H groups in total. The molecule has 0 saturated heterocycles. The fourth-order valence-electron chi connectivity index (χ4n) is 1.79. The molecule has 0 spiro atoms. The Kier molecular flexibility index (Phi) is 5.91. The number of carboxylic acid groups (broad SMARTS) is 1. The molecular weight excluding hydrogens is 298 g/mol. The lowest BCUT2D eigenvalue weighted by Crippen LogP contribution is -2.26. The van der Waals surface area contributed by atoms with E-state index in [1.165, 1.54) is 16.8 Å². The van der Waals surface area contributed by atoms with Gasteiger partial charge in [-0.2, -0.15) is 0 Å². The number of sulfonamides is 1. The van der Waals surface area contributed by atoms with E-state index in [0.717, 1.165) is 0 Å². The van der Waals surface area contributed by atoms with Crippen LogP contribution in [0.2, 0.25) is 0 Å². The van der Waals surface area contributed by atoms with Crippen molar-refractivity contribution in [2.24, 2.45) is 12.2 Å². The Bertz CT molecular complexity index is 621. The Morgan fingerprint density at radius 1 is 1.33 bits per heavy atom. The molecular formula is C12H19N3O5S. The predicted molar refractivity (Wildman–Crippen MR) is 75.2 cm³/mol. The van der Waals surface area contributed by atoms with E-state index in [9.17, 15) is 18.0 Å². The van der Waals surface area contributed by atoms with Crippen LogP contribution in [0.25, 0.3) is 0 Å². The summed E-state index contributed by atoms with van der Waals surface area (Å²) in [6.45, 7) is 0.397. The van der Waals surface area contributed by atoms with Gasteiger partial charge in [-0.1, -0.05) is 6.42 Å². The van der Waals surface area contributed by atoms with Crippen molar-refractivity contribution in [2.45, 2.75) is 30.6 Å². The predicted octanol–water partition coefficient (Wildman–Crippen LogP) is 0.0473. The number of aryl methyl sites for hydroxylation is 1. The monoisotopic (exact) mass is 317 g/mol. The first kappa shape index (κ1) is 17.2. The minimum atomic E-state index is -3.84. The third-order valence-electron chi connectivity index (χ3n) is 2.89. The van der Waals surface area contributed by atoms with Gasteiger partial charge >= 0.3 is 5.97 Å². The van der Waals surface area contributed by atoms with Gasteiger partial charge in [0.25, 0.3) is 5.91 Å². The van der Waals surface area contributed by atoms with Gasteiger partial charge in [0.15, 0.2) is 0 Å². The Hall–Kier alpha value is -1.87. The molecule has 0 bridgehead atoms. The summed E-state index contributed by atoms with van der Waals surface area (Å²) in [6.07, 6.45) is 3.30. The van der Waals surface area contributed by atoms with Gasteiger partial charge in [-0.05, 0) is 18.9 Å². The molecule has 0 saturated carbocycles. The van der Waals surface area contributed by atoms with Gasteiger partial charge in [0.2, 0.25) is 10.0 Å². The van der Waals surface area contributed by atoms with Crippen LogP contribution in [-0.2, 0) is 21.9 Å². The molecule has 1 heterocycles. The first-order valence-electron chi connectivity index (χ1n) is 6.41. The molecule has 8 nitrogen and oxygen atoms in total. The molecule has 1 aromatic rings. The minimum absolute atomic E-state index is 0.114. The Balaban J connectivity index is 2.46. The van der Waals surface area contributed by atoms with Gasteiger partial charge in [0.05, 0.1) is 0 Å². The molecule has 0 aromatic carbocycles. The summed E-state index contributed by atoms with van der Waals surface area (Å²) >= 11 is 0. The normalized spacial score (nSPS) is 11.3. The van der Waals surface area contributed by atoms with E-state index in [1.54, 1.807) is 7.05 Å². The fourth-order valence-corrected chi connectivity index (χ4v) is 2.37. The van der Waals surface area contributed by atoms with Crippen molar-refractivity contribution in [1.29, 1.82) is 0 Å². The number of carbonyl (C=O) groups is 2. The maximum Gasteiger partial charge on any atom is 0.303 e. The number of nitrogens with two attached hydrogens (primary N) is 1. The van der Waals surface area contributed by atoms with Gasteiger partial charge in [-0.25, -0.2) is 13.6 Å². The summed E-state index contributed by atoms with van der Waals surface area (Å²) in [6, 6.07) is 1.22. The maximum absolute atomic E-state index is 11.9. The molecule has 0 radical (unpaired) electrons. The molecule has 0 fully saturated rings. The van der Waals surface area contributed by atoms with E-state index in [-0.39, 0.29) is 17.0 Å². The average molecular weight is 317 g/mol. The summed E-state index contributed by atoms with van der Waals surface area (Å²) in [7, 11) is -2.28. The van der Waals surface area contributed by atoms with Crippen LogP contribution in [0.1, 0.15) is 36.2 Å². The Morgan fingerprint density at radius 2 is 2.00 bits per heavy atom. The first-order valence-corrected chi connectivity index (χ1v) is 7.95. The highest BCUT2D eigenvalue weighted by Crippen LogP contribution is 2.11. The molecule has 118 valence electrons. The van der Waals surface area contributed by atoms with Crippen LogP contribution < -0.4 is 10.5 Å². The lowest BCUT2D eigenvalue weighted by Gasteiger charge is -2.05. The number of aliphatic carboxylic acids is 1.